The molecule has 1 N–H and O–H groups in total. The number of piperazine rings is 1. The second-order valence-corrected chi connectivity index (χ2v) is 10.2. The van der Waals surface area contributed by atoms with Gasteiger partial charge in [0.05, 0.1) is 16.1 Å². The minimum Gasteiger partial charge on any atom is -0.336 e. The predicted octanol–water partition coefficient (Wildman–Crippen LogP) is 3.37. The van der Waals surface area contributed by atoms with Crippen molar-refractivity contribution in [1.82, 2.24) is 24.1 Å². The lowest BCUT2D eigenvalue weighted by molar-refractivity contribution is 0.172. The lowest BCUT2D eigenvalue weighted by atomic mass is 10.3. The van der Waals surface area contributed by atoms with Crippen molar-refractivity contribution in [2.24, 2.45) is 0 Å². The minimum absolute atomic E-state index is 0.0208. The number of sulfonamides is 1. The quantitative estimate of drug-likeness (QED) is 0.587. The molecule has 1 aromatic heterocycles. The van der Waals surface area contributed by atoms with Crippen LogP contribution in [0.1, 0.15) is 5.82 Å². The third-order valence-electron chi connectivity index (χ3n) is 5.49. The van der Waals surface area contributed by atoms with E-state index in [0.717, 1.165) is 16.9 Å². The molecule has 1 aliphatic rings. The van der Waals surface area contributed by atoms with Crippen LogP contribution in [0.2, 0.25) is 10.0 Å². The molecule has 11 heteroatoms. The van der Waals surface area contributed by atoms with Crippen molar-refractivity contribution in [2.45, 2.75) is 18.4 Å². The Morgan fingerprint density at radius 3 is 2.56 bits per heavy atom. The number of para-hydroxylation sites is 2. The number of urea groups is 1. The number of halogens is 2. The van der Waals surface area contributed by atoms with Crippen molar-refractivity contribution in [3.05, 3.63) is 58.3 Å². The van der Waals surface area contributed by atoms with Crippen molar-refractivity contribution < 1.29 is 13.2 Å². The van der Waals surface area contributed by atoms with Gasteiger partial charge in [0.2, 0.25) is 10.0 Å². The third kappa shape index (κ3) is 4.56. The predicted molar refractivity (Wildman–Crippen MR) is 125 cm³/mol. The first-order valence-electron chi connectivity index (χ1n) is 10.2. The Morgan fingerprint density at radius 2 is 1.81 bits per heavy atom. The molecule has 0 atom stereocenters. The van der Waals surface area contributed by atoms with E-state index >= 15 is 0 Å². The summed E-state index contributed by atoms with van der Waals surface area (Å²) >= 11 is 12.0. The van der Waals surface area contributed by atoms with Gasteiger partial charge >= 0.3 is 6.03 Å². The zero-order valence-corrected chi connectivity index (χ0v) is 19.8. The summed E-state index contributed by atoms with van der Waals surface area (Å²) in [5.74, 6) is 0.888. The van der Waals surface area contributed by atoms with E-state index in [9.17, 15) is 13.2 Å². The molecule has 32 heavy (non-hydrogen) atoms. The van der Waals surface area contributed by atoms with Gasteiger partial charge in [0, 0.05) is 44.3 Å². The molecule has 0 unspecified atom stereocenters. The summed E-state index contributed by atoms with van der Waals surface area (Å²) in [6.07, 6.45) is 0. The van der Waals surface area contributed by atoms with Crippen LogP contribution in [0, 0.1) is 6.92 Å². The van der Waals surface area contributed by atoms with Gasteiger partial charge in [0.25, 0.3) is 0 Å². The number of carbonyl (C=O) groups is 1. The third-order valence-corrected chi connectivity index (χ3v) is 8.11. The molecule has 0 bridgehead atoms. The lowest BCUT2D eigenvalue weighted by Gasteiger charge is -2.34. The van der Waals surface area contributed by atoms with E-state index in [0.29, 0.717) is 18.1 Å². The number of aryl methyl sites for hydroxylation is 1. The molecular weight excluding hydrogens is 473 g/mol. The van der Waals surface area contributed by atoms with Gasteiger partial charge in [-0.15, -0.1) is 0 Å². The molecule has 4 rings (SSSR count). The Balaban J connectivity index is 1.32. The fourth-order valence-electron chi connectivity index (χ4n) is 3.81. The Hall–Kier alpha value is -2.33. The molecule has 0 saturated carbocycles. The molecule has 2 amide bonds. The molecular formula is C21H23Cl2N5O3S. The maximum Gasteiger partial charge on any atom is 0.317 e. The van der Waals surface area contributed by atoms with E-state index in [4.69, 9.17) is 23.2 Å². The summed E-state index contributed by atoms with van der Waals surface area (Å²) in [5, 5.41) is 3.34. The molecule has 1 saturated heterocycles. The minimum atomic E-state index is -3.79. The number of hydrogen-bond acceptors (Lipinski definition) is 4. The maximum absolute atomic E-state index is 12.9. The van der Waals surface area contributed by atoms with Gasteiger partial charge in [0.15, 0.2) is 0 Å². The first kappa shape index (κ1) is 22.8. The van der Waals surface area contributed by atoms with E-state index < -0.39 is 10.0 Å². The summed E-state index contributed by atoms with van der Waals surface area (Å²) in [6, 6.07) is 12.0. The number of hydrogen-bond donors (Lipinski definition) is 1. The largest absolute Gasteiger partial charge is 0.336 e. The van der Waals surface area contributed by atoms with Gasteiger partial charge in [0.1, 0.15) is 10.7 Å². The van der Waals surface area contributed by atoms with Crippen LogP contribution in [-0.4, -0.2) is 65.9 Å². The number of nitrogens with zero attached hydrogens (tertiary/aromatic N) is 4. The smallest absolute Gasteiger partial charge is 0.317 e. The number of benzene rings is 2. The van der Waals surface area contributed by atoms with Crippen molar-refractivity contribution in [1.29, 1.82) is 0 Å². The van der Waals surface area contributed by atoms with Gasteiger partial charge in [-0.05, 0) is 37.3 Å². The molecule has 2 heterocycles. The molecule has 3 aromatic rings. The van der Waals surface area contributed by atoms with Crippen LogP contribution in [0.5, 0.6) is 0 Å². The Bertz CT molecular complexity index is 1250. The number of fused-ring (bicyclic) bond motifs is 1. The Labute approximate surface area is 196 Å². The van der Waals surface area contributed by atoms with Crippen molar-refractivity contribution in [2.75, 3.05) is 32.7 Å². The summed E-state index contributed by atoms with van der Waals surface area (Å²) in [4.78, 5) is 18.7. The maximum atomic E-state index is 12.9. The first-order valence-corrected chi connectivity index (χ1v) is 12.4. The van der Waals surface area contributed by atoms with E-state index in [2.05, 4.69) is 14.9 Å². The zero-order chi connectivity index (χ0) is 22.9. The standard InChI is InChI=1S/C21H23Cl2N5O3S/c1-15-25-18-4-2-3-5-19(18)28(15)9-8-24-21(29)26-10-12-27(13-11-26)32(30,31)20-14-16(22)6-7-17(20)23/h2-7,14H,8-13H2,1H3,(H,24,29). The number of aromatic nitrogens is 2. The van der Waals surface area contributed by atoms with Gasteiger partial charge in [-0.2, -0.15) is 4.31 Å². The number of rotatable bonds is 5. The summed E-state index contributed by atoms with van der Waals surface area (Å²) in [7, 11) is -3.79. The highest BCUT2D eigenvalue weighted by atomic mass is 35.5. The molecule has 8 nitrogen and oxygen atoms in total. The number of carbonyl (C=O) groups excluding carboxylic acids is 1. The van der Waals surface area contributed by atoms with Crippen LogP contribution in [-0.2, 0) is 16.6 Å². The van der Waals surface area contributed by atoms with E-state index in [1.165, 1.54) is 16.4 Å². The zero-order valence-electron chi connectivity index (χ0n) is 17.5. The average Bonchev–Trinajstić information content (AvgIpc) is 3.10. The van der Waals surface area contributed by atoms with Crippen LogP contribution in [0.15, 0.2) is 47.4 Å². The normalized spacial score (nSPS) is 15.3. The number of imidazole rings is 1. The molecule has 1 aliphatic heterocycles. The monoisotopic (exact) mass is 495 g/mol. The fourth-order valence-corrected chi connectivity index (χ4v) is 5.97. The van der Waals surface area contributed by atoms with Crippen LogP contribution in [0.3, 0.4) is 0 Å². The highest BCUT2D eigenvalue weighted by Crippen LogP contribution is 2.28. The van der Waals surface area contributed by atoms with E-state index in [-0.39, 0.29) is 42.1 Å². The van der Waals surface area contributed by atoms with Gasteiger partial charge < -0.3 is 14.8 Å². The first-order chi connectivity index (χ1) is 15.3. The summed E-state index contributed by atoms with van der Waals surface area (Å²) < 4.78 is 29.3. The van der Waals surface area contributed by atoms with Gasteiger partial charge in [-0.25, -0.2) is 18.2 Å². The van der Waals surface area contributed by atoms with Crippen molar-refractivity contribution in [3.63, 3.8) is 0 Å². The molecule has 170 valence electrons. The molecule has 0 aliphatic carbocycles. The second-order valence-electron chi connectivity index (χ2n) is 7.50. The van der Waals surface area contributed by atoms with Crippen LogP contribution in [0.4, 0.5) is 4.79 Å². The second kappa shape index (κ2) is 9.27. The SMILES string of the molecule is Cc1nc2ccccc2n1CCNC(=O)N1CCN(S(=O)(=O)c2cc(Cl)ccc2Cl)CC1. The highest BCUT2D eigenvalue weighted by molar-refractivity contribution is 7.89. The summed E-state index contributed by atoms with van der Waals surface area (Å²) in [6.45, 7) is 3.92. The van der Waals surface area contributed by atoms with Gasteiger partial charge in [-0.1, -0.05) is 35.3 Å². The Morgan fingerprint density at radius 1 is 1.09 bits per heavy atom. The number of nitrogens with one attached hydrogen (secondary N) is 1. The summed E-state index contributed by atoms with van der Waals surface area (Å²) in [5.41, 5.74) is 1.95. The van der Waals surface area contributed by atoms with Crippen LogP contribution >= 0.6 is 23.2 Å². The van der Waals surface area contributed by atoms with Crippen LogP contribution in [0.25, 0.3) is 11.0 Å². The van der Waals surface area contributed by atoms with E-state index in [1.54, 1.807) is 11.0 Å². The molecule has 0 radical (unpaired) electrons. The molecule has 2 aromatic carbocycles. The van der Waals surface area contributed by atoms with Crippen molar-refractivity contribution in [3.8, 4) is 0 Å². The van der Waals surface area contributed by atoms with E-state index in [1.807, 2.05) is 31.2 Å². The average molecular weight is 496 g/mol. The lowest BCUT2D eigenvalue weighted by Crippen LogP contribution is -2.53. The van der Waals surface area contributed by atoms with Crippen molar-refractivity contribution >= 4 is 50.3 Å². The topological polar surface area (TPSA) is 87.5 Å². The highest BCUT2D eigenvalue weighted by Gasteiger charge is 2.31. The number of amides is 2. The molecule has 1 fully saturated rings. The molecule has 0 spiro atoms. The fraction of sp³-hybridized carbons (Fsp3) is 0.333. The van der Waals surface area contributed by atoms with Crippen LogP contribution < -0.4 is 5.32 Å². The van der Waals surface area contributed by atoms with Gasteiger partial charge in [-0.3, -0.25) is 0 Å². The Kier molecular flexibility index (Phi) is 6.62.